The highest BCUT2D eigenvalue weighted by atomic mass is 14.2. The van der Waals surface area contributed by atoms with Crippen LogP contribution in [0.1, 0.15) is 82.7 Å². The minimum atomic E-state index is 0.877. The van der Waals surface area contributed by atoms with Crippen LogP contribution in [-0.2, 0) is 12.8 Å². The Morgan fingerprint density at radius 3 is 1.90 bits per heavy atom. The normalized spacial score (nSPS) is 19.2. The number of hydrogen-bond acceptors (Lipinski definition) is 0. The molecule has 1 fully saturated rings. The van der Waals surface area contributed by atoms with Crippen molar-refractivity contribution in [3.63, 3.8) is 0 Å². The molecule has 0 N–H and O–H groups in total. The van der Waals surface area contributed by atoms with Crippen molar-refractivity contribution in [1.82, 2.24) is 0 Å². The summed E-state index contributed by atoms with van der Waals surface area (Å²) in [5, 5.41) is 2.91. The van der Waals surface area contributed by atoms with E-state index in [-0.39, 0.29) is 0 Å². The third-order valence-corrected chi connectivity index (χ3v) is 8.13. The summed E-state index contributed by atoms with van der Waals surface area (Å²) >= 11 is 0. The van der Waals surface area contributed by atoms with Crippen LogP contribution in [0.2, 0.25) is 0 Å². The Kier molecular flexibility index (Phi) is 6.29. The fourth-order valence-corrected chi connectivity index (χ4v) is 5.97. The third kappa shape index (κ3) is 4.59. The van der Waals surface area contributed by atoms with Crippen LogP contribution >= 0.6 is 0 Å². The molecule has 0 aromatic heterocycles. The minimum absolute atomic E-state index is 0.877. The minimum Gasteiger partial charge on any atom is -0.0625 e. The molecule has 3 aromatic carbocycles. The molecule has 1 saturated carbocycles. The lowest BCUT2D eigenvalue weighted by atomic mass is 9.79. The van der Waals surface area contributed by atoms with E-state index in [9.17, 15) is 0 Å². The topological polar surface area (TPSA) is 0 Å². The highest BCUT2D eigenvalue weighted by Gasteiger charge is 2.19. The lowest BCUT2D eigenvalue weighted by molar-refractivity contribution is 0.289. The van der Waals surface area contributed by atoms with Gasteiger partial charge in [-0.25, -0.2) is 0 Å². The number of fused-ring (bicyclic) bond motifs is 1. The van der Waals surface area contributed by atoms with Crippen molar-refractivity contribution in [2.24, 2.45) is 11.8 Å². The van der Waals surface area contributed by atoms with E-state index in [1.165, 1.54) is 87.4 Å². The van der Waals surface area contributed by atoms with Crippen molar-refractivity contribution in [3.8, 4) is 0 Å². The molecule has 164 valence electrons. The first-order valence-electron chi connectivity index (χ1n) is 12.3. The average molecular weight is 413 g/mol. The highest BCUT2D eigenvalue weighted by Crippen LogP contribution is 2.34. The van der Waals surface area contributed by atoms with Gasteiger partial charge >= 0.3 is 0 Å². The van der Waals surface area contributed by atoms with Crippen LogP contribution in [0.15, 0.2) is 30.3 Å². The molecule has 0 amide bonds. The summed E-state index contributed by atoms with van der Waals surface area (Å²) in [5.74, 6) is 1.81. The molecular formula is C31H40. The standard InChI is InChI=1S/C31H40/c1-19-8-10-26(11-9-19)16-28-14-23(5)31-25(7)30(22(4)15-29(31)17-28)18-27-12-20(2)24(6)21(3)13-27/h12-15,17,19,26H,8-11,16,18H2,1-7H3. The number of benzene rings is 3. The molecule has 0 unspecified atom stereocenters. The van der Waals surface area contributed by atoms with Crippen LogP contribution in [0.25, 0.3) is 10.8 Å². The Labute approximate surface area is 190 Å². The van der Waals surface area contributed by atoms with Crippen LogP contribution in [0, 0.1) is 53.4 Å². The summed E-state index contributed by atoms with van der Waals surface area (Å²) in [4.78, 5) is 0. The van der Waals surface area contributed by atoms with Gasteiger partial charge in [-0.05, 0) is 140 Å². The lowest BCUT2D eigenvalue weighted by Crippen LogP contribution is -2.14. The van der Waals surface area contributed by atoms with Crippen molar-refractivity contribution < 1.29 is 0 Å². The molecule has 0 atom stereocenters. The molecule has 0 nitrogen and oxygen atoms in total. The van der Waals surface area contributed by atoms with Gasteiger partial charge in [-0.15, -0.1) is 0 Å². The molecule has 0 spiro atoms. The second-order valence-electron chi connectivity index (χ2n) is 10.7. The zero-order chi connectivity index (χ0) is 22.3. The van der Waals surface area contributed by atoms with Gasteiger partial charge in [0.15, 0.2) is 0 Å². The Morgan fingerprint density at radius 1 is 0.645 bits per heavy atom. The zero-order valence-corrected chi connectivity index (χ0v) is 20.8. The van der Waals surface area contributed by atoms with Crippen LogP contribution in [0.5, 0.6) is 0 Å². The smallest absolute Gasteiger partial charge is 0.00201 e. The molecular weight excluding hydrogens is 372 g/mol. The molecule has 0 heteroatoms. The van der Waals surface area contributed by atoms with Crippen molar-refractivity contribution in [2.75, 3.05) is 0 Å². The summed E-state index contributed by atoms with van der Waals surface area (Å²) in [6.45, 7) is 16.1. The van der Waals surface area contributed by atoms with Gasteiger partial charge in [0.25, 0.3) is 0 Å². The van der Waals surface area contributed by atoms with E-state index in [2.05, 4.69) is 78.8 Å². The van der Waals surface area contributed by atoms with Crippen molar-refractivity contribution in [1.29, 1.82) is 0 Å². The van der Waals surface area contributed by atoms with Gasteiger partial charge in [0.05, 0.1) is 0 Å². The molecule has 0 bridgehead atoms. The summed E-state index contributed by atoms with van der Waals surface area (Å²) in [5.41, 5.74) is 13.1. The first-order valence-corrected chi connectivity index (χ1v) is 12.3. The fraction of sp³-hybridized carbons (Fsp3) is 0.484. The van der Waals surface area contributed by atoms with Crippen molar-refractivity contribution in [3.05, 3.63) is 80.4 Å². The van der Waals surface area contributed by atoms with E-state index < -0.39 is 0 Å². The van der Waals surface area contributed by atoms with Crippen molar-refractivity contribution in [2.45, 2.75) is 87.0 Å². The van der Waals surface area contributed by atoms with Crippen LogP contribution in [0.3, 0.4) is 0 Å². The molecule has 31 heavy (non-hydrogen) atoms. The fourth-order valence-electron chi connectivity index (χ4n) is 5.97. The van der Waals surface area contributed by atoms with Gasteiger partial charge in [0, 0.05) is 0 Å². The maximum atomic E-state index is 2.49. The van der Waals surface area contributed by atoms with E-state index >= 15 is 0 Å². The predicted molar refractivity (Wildman–Crippen MR) is 136 cm³/mol. The van der Waals surface area contributed by atoms with Gasteiger partial charge in [-0.3, -0.25) is 0 Å². The van der Waals surface area contributed by atoms with Crippen LogP contribution in [0.4, 0.5) is 0 Å². The molecule has 0 heterocycles. The van der Waals surface area contributed by atoms with Crippen molar-refractivity contribution >= 4 is 10.8 Å². The van der Waals surface area contributed by atoms with E-state index in [1.807, 2.05) is 0 Å². The Hall–Kier alpha value is -2.08. The molecule has 0 aliphatic heterocycles. The van der Waals surface area contributed by atoms with Gasteiger partial charge in [0.1, 0.15) is 0 Å². The summed E-state index contributed by atoms with van der Waals surface area (Å²) < 4.78 is 0. The van der Waals surface area contributed by atoms with Gasteiger partial charge in [0.2, 0.25) is 0 Å². The summed E-state index contributed by atoms with van der Waals surface area (Å²) in [6.07, 6.45) is 7.92. The number of rotatable bonds is 4. The SMILES string of the molecule is Cc1cc(Cc2c(C)cc3cc(CC4CCC(C)CC4)cc(C)c3c2C)cc(C)c1C. The predicted octanol–water partition coefficient (Wildman–Crippen LogP) is 8.65. The number of hydrogen-bond donors (Lipinski definition) is 0. The molecule has 3 aromatic rings. The molecule has 1 aliphatic carbocycles. The van der Waals surface area contributed by atoms with E-state index in [4.69, 9.17) is 0 Å². The van der Waals surface area contributed by atoms with Crippen LogP contribution in [-0.4, -0.2) is 0 Å². The maximum Gasteiger partial charge on any atom is -0.00201 e. The second-order valence-corrected chi connectivity index (χ2v) is 10.7. The Bertz CT molecular complexity index is 1080. The van der Waals surface area contributed by atoms with Crippen LogP contribution < -0.4 is 0 Å². The maximum absolute atomic E-state index is 2.49. The van der Waals surface area contributed by atoms with Gasteiger partial charge in [-0.1, -0.05) is 50.1 Å². The lowest BCUT2D eigenvalue weighted by Gasteiger charge is -2.26. The number of aryl methyl sites for hydroxylation is 5. The zero-order valence-electron chi connectivity index (χ0n) is 20.8. The Balaban J connectivity index is 1.67. The summed E-state index contributed by atoms with van der Waals surface area (Å²) in [6, 6.07) is 12.2. The van der Waals surface area contributed by atoms with Gasteiger partial charge < -0.3 is 0 Å². The average Bonchev–Trinajstić information content (AvgIpc) is 2.70. The third-order valence-electron chi connectivity index (χ3n) is 8.13. The van der Waals surface area contributed by atoms with Gasteiger partial charge in [-0.2, -0.15) is 0 Å². The molecule has 0 saturated heterocycles. The first-order chi connectivity index (χ1) is 14.7. The highest BCUT2D eigenvalue weighted by molar-refractivity contribution is 5.91. The second kappa shape index (κ2) is 8.81. The molecule has 1 aliphatic rings. The molecule has 0 radical (unpaired) electrons. The van der Waals surface area contributed by atoms with E-state index in [0.29, 0.717) is 0 Å². The van der Waals surface area contributed by atoms with E-state index in [0.717, 1.165) is 18.3 Å². The molecule has 4 rings (SSSR count). The quantitative estimate of drug-likeness (QED) is 0.402. The summed E-state index contributed by atoms with van der Waals surface area (Å²) in [7, 11) is 0. The first kappa shape index (κ1) is 22.1. The van der Waals surface area contributed by atoms with E-state index in [1.54, 1.807) is 5.56 Å². The Morgan fingerprint density at radius 2 is 1.26 bits per heavy atom. The monoisotopic (exact) mass is 412 g/mol. The largest absolute Gasteiger partial charge is 0.0625 e.